The molecule has 6 nitrogen and oxygen atoms in total. The molecule has 6 atom stereocenters. The molecular formula is C30H51BNaO6. The molecule has 38 heavy (non-hydrogen) atoms. The van der Waals surface area contributed by atoms with Gasteiger partial charge in [0, 0.05) is 33.5 Å². The van der Waals surface area contributed by atoms with Gasteiger partial charge in [-0.2, -0.15) is 0 Å². The van der Waals surface area contributed by atoms with Gasteiger partial charge >= 0.3 is 29.6 Å². The molecular weight excluding hydrogens is 490 g/mol. The first-order valence-corrected chi connectivity index (χ1v) is 14.9. The molecule has 6 unspecified atom stereocenters. The quantitative estimate of drug-likeness (QED) is 0.338. The molecule has 8 saturated carbocycles. The zero-order valence-electron chi connectivity index (χ0n) is 25.7. The van der Waals surface area contributed by atoms with Gasteiger partial charge in [0.05, 0.1) is 19.3 Å². The largest absolute Gasteiger partial charge is 1.00 e. The Bertz CT molecular complexity index is 755. The fourth-order valence-corrected chi connectivity index (χ4v) is 9.58. The van der Waals surface area contributed by atoms with Crippen molar-refractivity contribution in [2.45, 2.75) is 111 Å². The molecule has 8 aliphatic rings. The molecule has 0 saturated heterocycles. The van der Waals surface area contributed by atoms with Crippen LogP contribution >= 0.6 is 0 Å². The van der Waals surface area contributed by atoms with Crippen molar-refractivity contribution < 1.29 is 59.8 Å². The van der Waals surface area contributed by atoms with Crippen LogP contribution in [-0.4, -0.2) is 64.4 Å². The predicted octanol–water partition coefficient (Wildman–Crippen LogP) is 2.09. The van der Waals surface area contributed by atoms with Crippen LogP contribution in [0.15, 0.2) is 0 Å². The third-order valence-electron chi connectivity index (χ3n) is 10.5. The van der Waals surface area contributed by atoms with Gasteiger partial charge in [-0.1, -0.05) is 0 Å². The zero-order valence-corrected chi connectivity index (χ0v) is 26.7. The second-order valence-corrected chi connectivity index (χ2v) is 13.4. The Labute approximate surface area is 256 Å². The fourth-order valence-electron chi connectivity index (χ4n) is 9.58. The van der Waals surface area contributed by atoms with Crippen molar-refractivity contribution in [2.24, 2.45) is 46.3 Å². The van der Waals surface area contributed by atoms with Crippen molar-refractivity contribution in [3.05, 3.63) is 0 Å². The number of ketones is 1. The summed E-state index contributed by atoms with van der Waals surface area (Å²) in [5.74, 6) is 3.97. The van der Waals surface area contributed by atoms with Gasteiger partial charge in [-0.3, -0.25) is 4.79 Å². The Balaban J connectivity index is 0.000000254. The maximum atomic E-state index is 12.1. The molecule has 8 bridgehead atoms. The number of carbonyl (C=O) groups excluding carboxylic acids is 1. The van der Waals surface area contributed by atoms with E-state index >= 15 is 0 Å². The van der Waals surface area contributed by atoms with Gasteiger partial charge in [0.1, 0.15) is 5.78 Å². The topological polar surface area (TPSA) is 74.2 Å². The van der Waals surface area contributed by atoms with Gasteiger partial charge in [0.25, 0.3) is 0 Å². The molecule has 0 aliphatic heterocycles. The van der Waals surface area contributed by atoms with Crippen LogP contribution < -0.4 is 29.6 Å². The summed E-state index contributed by atoms with van der Waals surface area (Å²) in [6.45, 7) is 11.0. The van der Waals surface area contributed by atoms with E-state index in [0.717, 1.165) is 50.7 Å². The van der Waals surface area contributed by atoms with Crippen LogP contribution in [0.5, 0.6) is 0 Å². The van der Waals surface area contributed by atoms with E-state index in [9.17, 15) is 9.90 Å². The Morgan fingerprint density at radius 3 is 1.63 bits per heavy atom. The summed E-state index contributed by atoms with van der Waals surface area (Å²) in [4.78, 5) is 12.1. The molecule has 211 valence electrons. The van der Waals surface area contributed by atoms with Crippen molar-refractivity contribution in [2.75, 3.05) is 26.4 Å². The Morgan fingerprint density at radius 1 is 0.763 bits per heavy atom. The standard InChI is InChI=1S/C15H26O3.C15H24O3.B.Na.H/c2*1-3-17-10(2)18-9-15-6-11-4-12(7-15)14(16)13(5-11)8-15;;;/h10-14,16H,3-9H2,1-2H3;10-13H,3-9H2,1-2H3;;;/q;;;+1;-1. The third-order valence-corrected chi connectivity index (χ3v) is 10.5. The Hall–Kier alpha value is 0.535. The average molecular weight is 542 g/mol. The van der Waals surface area contributed by atoms with E-state index in [2.05, 4.69) is 0 Å². The second-order valence-electron chi connectivity index (χ2n) is 13.4. The van der Waals surface area contributed by atoms with Crippen molar-refractivity contribution in [1.29, 1.82) is 0 Å². The Morgan fingerprint density at radius 2 is 1.18 bits per heavy atom. The number of carbonyl (C=O) groups is 1. The van der Waals surface area contributed by atoms with Gasteiger partial charge in [0.15, 0.2) is 12.6 Å². The van der Waals surface area contributed by atoms with Gasteiger partial charge in [-0.25, -0.2) is 0 Å². The maximum Gasteiger partial charge on any atom is 1.00 e. The molecule has 0 heterocycles. The Kier molecular flexibility index (Phi) is 11.9. The molecule has 0 amide bonds. The fraction of sp³-hybridized carbons (Fsp3) is 0.967. The summed E-state index contributed by atoms with van der Waals surface area (Å²) in [6, 6.07) is 0. The number of Topliss-reactive ketones (excluding diaryl/α,β-unsaturated/α-hetero) is 1. The summed E-state index contributed by atoms with van der Waals surface area (Å²) < 4.78 is 22.7. The van der Waals surface area contributed by atoms with Crippen molar-refractivity contribution in [3.63, 3.8) is 0 Å². The SMILES string of the molecule is CCOC(C)OCC12CC3CC(C1)C(=O)C(C3)C2.CCOC(C)OCC12CC3CC(C1)C(O)C(C3)C2.[B].[H-].[Na+]. The van der Waals surface area contributed by atoms with Crippen LogP contribution in [-0.2, 0) is 23.7 Å². The molecule has 0 aromatic heterocycles. The van der Waals surface area contributed by atoms with Gasteiger partial charge in [0.2, 0.25) is 0 Å². The van der Waals surface area contributed by atoms with Crippen LogP contribution in [0.3, 0.4) is 0 Å². The molecule has 0 aromatic carbocycles. The number of hydrogen-bond donors (Lipinski definition) is 1. The van der Waals surface area contributed by atoms with Crippen molar-refractivity contribution in [3.8, 4) is 0 Å². The molecule has 8 heteroatoms. The van der Waals surface area contributed by atoms with Crippen LogP contribution in [0.2, 0.25) is 0 Å². The van der Waals surface area contributed by atoms with Gasteiger partial charge in [-0.05, 0) is 126 Å². The molecule has 8 aliphatic carbocycles. The smallest absolute Gasteiger partial charge is 1.00 e. The summed E-state index contributed by atoms with van der Waals surface area (Å²) in [5.41, 5.74) is 0.636. The van der Waals surface area contributed by atoms with Gasteiger partial charge in [-0.15, -0.1) is 0 Å². The van der Waals surface area contributed by atoms with Crippen LogP contribution in [0.4, 0.5) is 0 Å². The van der Waals surface area contributed by atoms with Crippen LogP contribution in [0.25, 0.3) is 0 Å². The number of aliphatic hydroxyl groups excluding tert-OH is 1. The monoisotopic (exact) mass is 541 g/mol. The van der Waals surface area contributed by atoms with Crippen LogP contribution in [0.1, 0.15) is 93.3 Å². The summed E-state index contributed by atoms with van der Waals surface area (Å²) >= 11 is 0. The maximum absolute atomic E-state index is 12.1. The second kappa shape index (κ2) is 13.7. The molecule has 0 spiro atoms. The first-order chi connectivity index (χ1) is 17.2. The summed E-state index contributed by atoms with van der Waals surface area (Å²) in [6.07, 6.45) is 11.6. The van der Waals surface area contributed by atoms with E-state index in [4.69, 9.17) is 18.9 Å². The minimum Gasteiger partial charge on any atom is -1.00 e. The zero-order chi connectivity index (χ0) is 25.5. The summed E-state index contributed by atoms with van der Waals surface area (Å²) in [5, 5.41) is 10.2. The average Bonchev–Trinajstić information content (AvgIpc) is 2.83. The van der Waals surface area contributed by atoms with E-state index < -0.39 is 0 Å². The molecule has 8 rings (SSSR count). The van der Waals surface area contributed by atoms with E-state index in [-0.39, 0.29) is 63.5 Å². The third kappa shape index (κ3) is 7.11. The molecule has 8 fully saturated rings. The van der Waals surface area contributed by atoms with Crippen molar-refractivity contribution >= 4 is 14.2 Å². The van der Waals surface area contributed by atoms with E-state index in [0.29, 0.717) is 48.1 Å². The van der Waals surface area contributed by atoms with Crippen LogP contribution in [0, 0.1) is 46.3 Å². The molecule has 3 radical (unpaired) electrons. The number of aliphatic hydroxyl groups is 1. The minimum absolute atomic E-state index is 0. The first kappa shape index (κ1) is 33.0. The van der Waals surface area contributed by atoms with Gasteiger partial charge < -0.3 is 25.5 Å². The predicted molar refractivity (Wildman–Crippen MR) is 144 cm³/mol. The van der Waals surface area contributed by atoms with Crippen molar-refractivity contribution in [1.82, 2.24) is 0 Å². The number of rotatable bonds is 10. The first-order valence-electron chi connectivity index (χ1n) is 14.9. The molecule has 0 aromatic rings. The number of hydrogen-bond acceptors (Lipinski definition) is 6. The van der Waals surface area contributed by atoms with E-state index in [1.54, 1.807) is 0 Å². The normalized spacial score (nSPS) is 43.1. The minimum atomic E-state index is -0.112. The summed E-state index contributed by atoms with van der Waals surface area (Å²) in [7, 11) is 0. The number of ether oxygens (including phenoxy) is 4. The van der Waals surface area contributed by atoms with E-state index in [1.807, 2.05) is 27.7 Å². The van der Waals surface area contributed by atoms with E-state index in [1.165, 1.54) is 38.5 Å². The molecule has 1 N–H and O–H groups in total.